The third-order valence-electron chi connectivity index (χ3n) is 2.43. The maximum absolute atomic E-state index is 11.6. The van der Waals surface area contributed by atoms with Crippen molar-refractivity contribution in [1.82, 2.24) is 4.98 Å². The lowest BCUT2D eigenvalue weighted by molar-refractivity contribution is -0.107. The van der Waals surface area contributed by atoms with Gasteiger partial charge in [-0.25, -0.2) is 0 Å². The maximum atomic E-state index is 11.6. The molecule has 1 heterocycles. The predicted octanol–water partition coefficient (Wildman–Crippen LogP) is 1.28. The number of carbonyl (C=O) groups is 1. The highest BCUT2D eigenvalue weighted by molar-refractivity contribution is 5.80. The number of carbonyl (C=O) groups excluding carboxylic acids is 1. The molecule has 1 aromatic heterocycles. The molecule has 2 rings (SSSR count). The SMILES string of the molecule is COc1ccc2cc(CC=O)c(=O)[nH]c2c1. The van der Waals surface area contributed by atoms with Gasteiger partial charge in [0.15, 0.2) is 0 Å². The van der Waals surface area contributed by atoms with Crippen LogP contribution >= 0.6 is 0 Å². The summed E-state index contributed by atoms with van der Waals surface area (Å²) in [4.78, 5) is 24.7. The topological polar surface area (TPSA) is 59.2 Å². The van der Waals surface area contributed by atoms with Gasteiger partial charge in [0.1, 0.15) is 12.0 Å². The zero-order valence-corrected chi connectivity index (χ0v) is 8.82. The molecule has 0 unspecified atom stereocenters. The molecule has 0 fully saturated rings. The minimum absolute atomic E-state index is 0.136. The summed E-state index contributed by atoms with van der Waals surface area (Å²) in [5.74, 6) is 0.686. The van der Waals surface area contributed by atoms with Gasteiger partial charge in [-0.1, -0.05) is 0 Å². The Hall–Kier alpha value is -2.10. The summed E-state index contributed by atoms with van der Waals surface area (Å²) in [6, 6.07) is 7.13. The molecule has 0 bridgehead atoms. The number of benzene rings is 1. The van der Waals surface area contributed by atoms with Crippen LogP contribution in [0.1, 0.15) is 5.56 Å². The molecule has 4 nitrogen and oxygen atoms in total. The Morgan fingerprint density at radius 3 is 2.88 bits per heavy atom. The van der Waals surface area contributed by atoms with Gasteiger partial charge in [0.05, 0.1) is 12.6 Å². The lowest BCUT2D eigenvalue weighted by Gasteiger charge is -2.03. The van der Waals surface area contributed by atoms with Crippen LogP contribution in [-0.2, 0) is 11.2 Å². The predicted molar refractivity (Wildman–Crippen MR) is 60.9 cm³/mol. The smallest absolute Gasteiger partial charge is 0.252 e. The summed E-state index contributed by atoms with van der Waals surface area (Å²) in [7, 11) is 1.57. The number of fused-ring (bicyclic) bond motifs is 1. The van der Waals surface area contributed by atoms with Crippen LogP contribution in [0.2, 0.25) is 0 Å². The fourth-order valence-corrected chi connectivity index (χ4v) is 1.59. The molecule has 2 aromatic rings. The number of H-pyrrole nitrogens is 1. The van der Waals surface area contributed by atoms with Crippen LogP contribution in [0.3, 0.4) is 0 Å². The highest BCUT2D eigenvalue weighted by Crippen LogP contribution is 2.18. The van der Waals surface area contributed by atoms with Gasteiger partial charge in [0, 0.05) is 18.1 Å². The van der Waals surface area contributed by atoms with Crippen molar-refractivity contribution in [3.8, 4) is 5.75 Å². The number of nitrogens with one attached hydrogen (secondary N) is 1. The number of aromatic nitrogens is 1. The number of rotatable bonds is 3. The van der Waals surface area contributed by atoms with Crippen LogP contribution in [0.4, 0.5) is 0 Å². The zero-order chi connectivity index (χ0) is 11.5. The fourth-order valence-electron chi connectivity index (χ4n) is 1.59. The molecule has 1 aromatic carbocycles. The average molecular weight is 217 g/mol. The number of hydrogen-bond acceptors (Lipinski definition) is 3. The van der Waals surface area contributed by atoms with Crippen LogP contribution in [0.25, 0.3) is 10.9 Å². The van der Waals surface area contributed by atoms with Crippen molar-refractivity contribution in [2.75, 3.05) is 7.11 Å². The van der Waals surface area contributed by atoms with Crippen molar-refractivity contribution in [2.24, 2.45) is 0 Å². The molecule has 0 amide bonds. The van der Waals surface area contributed by atoms with E-state index in [0.717, 1.165) is 11.7 Å². The Labute approximate surface area is 91.9 Å². The molecule has 0 spiro atoms. The average Bonchev–Trinajstić information content (AvgIpc) is 2.30. The first-order chi connectivity index (χ1) is 7.74. The number of ether oxygens (including phenoxy) is 1. The molecule has 0 aliphatic heterocycles. The van der Waals surface area contributed by atoms with Gasteiger partial charge in [-0.15, -0.1) is 0 Å². The first-order valence-corrected chi connectivity index (χ1v) is 4.88. The van der Waals surface area contributed by atoms with Crippen LogP contribution < -0.4 is 10.3 Å². The Kier molecular flexibility index (Phi) is 2.72. The number of hydrogen-bond donors (Lipinski definition) is 1. The first-order valence-electron chi connectivity index (χ1n) is 4.88. The molecular formula is C12H11NO3. The lowest BCUT2D eigenvalue weighted by atomic mass is 10.1. The summed E-state index contributed by atoms with van der Waals surface area (Å²) in [6.07, 6.45) is 0.858. The van der Waals surface area contributed by atoms with Gasteiger partial charge in [-0.3, -0.25) is 4.79 Å². The van der Waals surface area contributed by atoms with E-state index >= 15 is 0 Å². The second-order valence-electron chi connectivity index (χ2n) is 3.45. The summed E-state index contributed by atoms with van der Waals surface area (Å²) in [6.45, 7) is 0. The highest BCUT2D eigenvalue weighted by atomic mass is 16.5. The molecule has 0 radical (unpaired) electrons. The number of aldehydes is 1. The normalized spacial score (nSPS) is 10.3. The molecule has 0 saturated heterocycles. The molecule has 0 atom stereocenters. The van der Waals surface area contributed by atoms with Gasteiger partial charge in [0.2, 0.25) is 0 Å². The van der Waals surface area contributed by atoms with Gasteiger partial charge in [-0.05, 0) is 23.6 Å². The van der Waals surface area contributed by atoms with Gasteiger partial charge >= 0.3 is 0 Å². The standard InChI is InChI=1S/C12H11NO3/c1-16-10-3-2-8-6-9(4-5-14)12(15)13-11(8)7-10/h2-3,5-7H,4H2,1H3,(H,13,15). The van der Waals surface area contributed by atoms with Crippen molar-refractivity contribution < 1.29 is 9.53 Å². The Balaban J connectivity index is 2.63. The number of aromatic amines is 1. The van der Waals surface area contributed by atoms with E-state index in [1.165, 1.54) is 0 Å². The molecule has 0 aliphatic carbocycles. The molecule has 16 heavy (non-hydrogen) atoms. The van der Waals surface area contributed by atoms with Crippen LogP contribution in [-0.4, -0.2) is 18.4 Å². The molecule has 1 N–H and O–H groups in total. The second kappa shape index (κ2) is 4.18. The Morgan fingerprint density at radius 2 is 2.19 bits per heavy atom. The molecule has 4 heteroatoms. The molecule has 82 valence electrons. The van der Waals surface area contributed by atoms with E-state index in [0.29, 0.717) is 16.8 Å². The largest absolute Gasteiger partial charge is 0.497 e. The molecule has 0 aliphatic rings. The summed E-state index contributed by atoms with van der Waals surface area (Å²) in [5, 5.41) is 0.886. The Morgan fingerprint density at radius 1 is 1.38 bits per heavy atom. The summed E-state index contributed by atoms with van der Waals surface area (Å²) in [5.41, 5.74) is 0.958. The number of methoxy groups -OCH3 is 1. The summed E-state index contributed by atoms with van der Waals surface area (Å²) < 4.78 is 5.06. The Bertz CT molecular complexity index is 586. The molecule has 0 saturated carbocycles. The van der Waals surface area contributed by atoms with E-state index < -0.39 is 0 Å². The first kappa shape index (κ1) is 10.4. The fraction of sp³-hybridized carbons (Fsp3) is 0.167. The summed E-state index contributed by atoms with van der Waals surface area (Å²) >= 11 is 0. The van der Waals surface area contributed by atoms with E-state index in [2.05, 4.69) is 4.98 Å². The van der Waals surface area contributed by atoms with Gasteiger partial charge < -0.3 is 14.5 Å². The lowest BCUT2D eigenvalue weighted by Crippen LogP contribution is -2.12. The van der Waals surface area contributed by atoms with Crippen molar-refractivity contribution in [2.45, 2.75) is 6.42 Å². The van der Waals surface area contributed by atoms with Crippen molar-refractivity contribution in [3.63, 3.8) is 0 Å². The van der Waals surface area contributed by atoms with Crippen molar-refractivity contribution in [1.29, 1.82) is 0 Å². The quantitative estimate of drug-likeness (QED) is 0.788. The van der Waals surface area contributed by atoms with E-state index in [-0.39, 0.29) is 12.0 Å². The van der Waals surface area contributed by atoms with E-state index in [1.807, 2.05) is 12.1 Å². The number of pyridine rings is 1. The second-order valence-corrected chi connectivity index (χ2v) is 3.45. The van der Waals surface area contributed by atoms with E-state index in [9.17, 15) is 9.59 Å². The third kappa shape index (κ3) is 1.82. The van der Waals surface area contributed by atoms with E-state index in [4.69, 9.17) is 4.74 Å². The van der Waals surface area contributed by atoms with Gasteiger partial charge in [0.25, 0.3) is 5.56 Å². The van der Waals surface area contributed by atoms with E-state index in [1.54, 1.807) is 19.2 Å². The third-order valence-corrected chi connectivity index (χ3v) is 2.43. The minimum Gasteiger partial charge on any atom is -0.497 e. The maximum Gasteiger partial charge on any atom is 0.252 e. The van der Waals surface area contributed by atoms with Crippen LogP contribution in [0.5, 0.6) is 5.75 Å². The van der Waals surface area contributed by atoms with Crippen molar-refractivity contribution >= 4 is 17.2 Å². The molecular weight excluding hydrogens is 206 g/mol. The zero-order valence-electron chi connectivity index (χ0n) is 8.82. The van der Waals surface area contributed by atoms with Crippen LogP contribution in [0, 0.1) is 0 Å². The minimum atomic E-state index is -0.229. The van der Waals surface area contributed by atoms with Gasteiger partial charge in [-0.2, -0.15) is 0 Å². The monoisotopic (exact) mass is 217 g/mol. The van der Waals surface area contributed by atoms with Crippen molar-refractivity contribution in [3.05, 3.63) is 40.2 Å². The highest BCUT2D eigenvalue weighted by Gasteiger charge is 2.03. The van der Waals surface area contributed by atoms with Crippen LogP contribution in [0.15, 0.2) is 29.1 Å².